The largest absolute Gasteiger partial charge is 0.476 e. The van der Waals surface area contributed by atoms with Crippen molar-refractivity contribution in [3.8, 4) is 5.88 Å². The van der Waals surface area contributed by atoms with Crippen molar-refractivity contribution < 1.29 is 23.4 Å². The van der Waals surface area contributed by atoms with E-state index in [1.807, 2.05) is 32.9 Å². The molecular weight excluding hydrogens is 365 g/mol. The smallest absolute Gasteiger partial charge is 0.410 e. The Hall–Kier alpha value is -2.09. The minimum Gasteiger partial charge on any atom is -0.476 e. The highest BCUT2D eigenvalue weighted by Crippen LogP contribution is 2.30. The van der Waals surface area contributed by atoms with Crippen molar-refractivity contribution >= 4 is 11.8 Å². The quantitative estimate of drug-likeness (QED) is 0.690. The van der Waals surface area contributed by atoms with E-state index in [0.29, 0.717) is 51.5 Å². The molecule has 8 heteroatoms. The summed E-state index contributed by atoms with van der Waals surface area (Å²) >= 11 is 0. The molecule has 156 valence electrons. The fraction of sp³-hybridized carbons (Fsp3) is 0.700. The van der Waals surface area contributed by atoms with E-state index in [0.717, 1.165) is 5.69 Å². The third-order valence-electron chi connectivity index (χ3n) is 4.59. The van der Waals surface area contributed by atoms with Gasteiger partial charge in [0.25, 0.3) is 0 Å². The van der Waals surface area contributed by atoms with Crippen LogP contribution in [0.5, 0.6) is 5.88 Å². The molecule has 1 amide bonds. The first-order chi connectivity index (χ1) is 13.4. The van der Waals surface area contributed by atoms with Crippen LogP contribution in [0, 0.1) is 0 Å². The molecule has 2 saturated heterocycles. The molecule has 28 heavy (non-hydrogen) atoms. The molecule has 0 N–H and O–H groups in total. The Kier molecular flexibility index (Phi) is 6.59. The van der Waals surface area contributed by atoms with Crippen molar-refractivity contribution in [3.63, 3.8) is 0 Å². The Morgan fingerprint density at radius 3 is 2.61 bits per heavy atom. The number of hydrogen-bond acceptors (Lipinski definition) is 6. The number of morpholine rings is 2. The Bertz CT molecular complexity index is 653. The van der Waals surface area contributed by atoms with E-state index in [9.17, 15) is 9.18 Å². The topological polar surface area (TPSA) is 64.1 Å². The maximum Gasteiger partial charge on any atom is 0.410 e. The maximum absolute atomic E-state index is 12.4. The molecule has 1 aromatic heterocycles. The Morgan fingerprint density at radius 2 is 1.96 bits per heavy atom. The molecule has 2 bridgehead atoms. The molecule has 2 aliphatic rings. The summed E-state index contributed by atoms with van der Waals surface area (Å²) in [5.74, 6) is 0.560. The van der Waals surface area contributed by atoms with Gasteiger partial charge in [-0.25, -0.2) is 9.78 Å². The first-order valence-corrected chi connectivity index (χ1v) is 9.88. The number of nitrogens with zero attached hydrogens (tertiary/aromatic N) is 3. The zero-order chi connectivity index (χ0) is 20.1. The zero-order valence-corrected chi connectivity index (χ0v) is 16.9. The molecule has 3 rings (SSSR count). The van der Waals surface area contributed by atoms with Gasteiger partial charge in [-0.3, -0.25) is 4.39 Å². The number of aromatic nitrogens is 1. The SMILES string of the molecule is CC(C)(C)OC(=O)N1CC2CN(c3cccnc3OCCCCF)CC(C1)O2. The lowest BCUT2D eigenvalue weighted by Gasteiger charge is -2.46. The molecule has 0 saturated carbocycles. The van der Waals surface area contributed by atoms with Crippen molar-refractivity contribution in [1.29, 1.82) is 0 Å². The summed E-state index contributed by atoms with van der Waals surface area (Å²) in [7, 11) is 0. The monoisotopic (exact) mass is 395 g/mol. The van der Waals surface area contributed by atoms with Gasteiger partial charge < -0.3 is 24.0 Å². The average molecular weight is 395 g/mol. The number of ether oxygens (including phenoxy) is 3. The van der Waals surface area contributed by atoms with Crippen molar-refractivity contribution in [1.82, 2.24) is 9.88 Å². The van der Waals surface area contributed by atoms with Crippen LogP contribution in [0.25, 0.3) is 0 Å². The van der Waals surface area contributed by atoms with E-state index in [2.05, 4.69) is 9.88 Å². The lowest BCUT2D eigenvalue weighted by Crippen LogP contribution is -2.61. The van der Waals surface area contributed by atoms with Crippen LogP contribution in [0.2, 0.25) is 0 Å². The van der Waals surface area contributed by atoms with Crippen LogP contribution >= 0.6 is 0 Å². The van der Waals surface area contributed by atoms with E-state index in [1.54, 1.807) is 11.1 Å². The summed E-state index contributed by atoms with van der Waals surface area (Å²) in [4.78, 5) is 20.7. The standard InChI is InChI=1S/C20H30FN3O4/c1-20(2,3)28-19(25)24-13-15-11-23(12-16(14-24)27-15)17-7-6-9-22-18(17)26-10-5-4-8-21/h6-7,9,15-16H,4-5,8,10-14H2,1-3H3. The van der Waals surface area contributed by atoms with Gasteiger partial charge in [-0.15, -0.1) is 0 Å². The van der Waals surface area contributed by atoms with Crippen molar-refractivity contribution in [2.75, 3.05) is 44.4 Å². The van der Waals surface area contributed by atoms with Crippen LogP contribution in [-0.4, -0.2) is 73.2 Å². The number of alkyl halides is 1. The highest BCUT2D eigenvalue weighted by molar-refractivity contribution is 5.68. The van der Waals surface area contributed by atoms with Crippen LogP contribution in [0.4, 0.5) is 14.9 Å². The molecule has 2 fully saturated rings. The number of carbonyl (C=O) groups is 1. The van der Waals surface area contributed by atoms with Crippen LogP contribution in [0.3, 0.4) is 0 Å². The molecule has 2 aliphatic heterocycles. The molecule has 1 aromatic rings. The first-order valence-electron chi connectivity index (χ1n) is 9.88. The van der Waals surface area contributed by atoms with E-state index in [-0.39, 0.29) is 25.0 Å². The second-order valence-corrected chi connectivity index (χ2v) is 8.24. The van der Waals surface area contributed by atoms with Crippen LogP contribution < -0.4 is 9.64 Å². The van der Waals surface area contributed by atoms with E-state index in [4.69, 9.17) is 14.2 Å². The number of anilines is 1. The summed E-state index contributed by atoms with van der Waals surface area (Å²) in [6.07, 6.45) is 2.35. The Balaban J connectivity index is 1.62. The fourth-order valence-electron chi connectivity index (χ4n) is 3.46. The number of carbonyl (C=O) groups excluding carboxylic acids is 1. The van der Waals surface area contributed by atoms with Crippen LogP contribution in [0.15, 0.2) is 18.3 Å². The number of fused-ring (bicyclic) bond motifs is 2. The van der Waals surface area contributed by atoms with Crippen molar-refractivity contribution in [3.05, 3.63) is 18.3 Å². The van der Waals surface area contributed by atoms with Gasteiger partial charge in [-0.1, -0.05) is 0 Å². The number of halogens is 1. The molecule has 2 unspecified atom stereocenters. The summed E-state index contributed by atoms with van der Waals surface area (Å²) in [5, 5.41) is 0. The highest BCUT2D eigenvalue weighted by Gasteiger charge is 2.38. The molecule has 3 heterocycles. The van der Waals surface area contributed by atoms with Gasteiger partial charge in [-0.05, 0) is 45.7 Å². The normalized spacial score (nSPS) is 22.1. The predicted octanol–water partition coefficient (Wildman–Crippen LogP) is 3.03. The molecule has 7 nitrogen and oxygen atoms in total. The molecule has 0 aliphatic carbocycles. The van der Waals surface area contributed by atoms with Gasteiger partial charge in [-0.2, -0.15) is 0 Å². The third kappa shape index (κ3) is 5.47. The predicted molar refractivity (Wildman–Crippen MR) is 104 cm³/mol. The van der Waals surface area contributed by atoms with E-state index < -0.39 is 5.60 Å². The summed E-state index contributed by atoms with van der Waals surface area (Å²) in [5.41, 5.74) is 0.396. The minimum absolute atomic E-state index is 0.0976. The average Bonchev–Trinajstić information content (AvgIpc) is 2.63. The minimum atomic E-state index is -0.513. The van der Waals surface area contributed by atoms with Gasteiger partial charge in [0.15, 0.2) is 0 Å². The Labute approximate surface area is 165 Å². The molecular formula is C20H30FN3O4. The number of rotatable bonds is 6. The number of amides is 1. The fourth-order valence-corrected chi connectivity index (χ4v) is 3.46. The van der Waals surface area contributed by atoms with E-state index >= 15 is 0 Å². The number of unbranched alkanes of at least 4 members (excludes halogenated alkanes) is 1. The summed E-state index contributed by atoms with van der Waals surface area (Å²) < 4.78 is 29.6. The van der Waals surface area contributed by atoms with Crippen molar-refractivity contribution in [2.45, 2.75) is 51.4 Å². The molecule has 0 aromatic carbocycles. The first kappa shape index (κ1) is 20.6. The summed E-state index contributed by atoms with van der Waals surface area (Å²) in [6.45, 7) is 7.98. The van der Waals surface area contributed by atoms with Gasteiger partial charge in [0.1, 0.15) is 11.3 Å². The lowest BCUT2D eigenvalue weighted by molar-refractivity contribution is -0.0950. The van der Waals surface area contributed by atoms with Crippen molar-refractivity contribution in [2.24, 2.45) is 0 Å². The number of hydrogen-bond donors (Lipinski definition) is 0. The third-order valence-corrected chi connectivity index (χ3v) is 4.59. The Morgan fingerprint density at radius 1 is 1.25 bits per heavy atom. The molecule has 2 atom stereocenters. The van der Waals surface area contributed by atoms with Gasteiger partial charge in [0.05, 0.1) is 38.6 Å². The maximum atomic E-state index is 12.4. The second kappa shape index (κ2) is 8.94. The van der Waals surface area contributed by atoms with Gasteiger partial charge in [0.2, 0.25) is 5.88 Å². The number of pyridine rings is 1. The van der Waals surface area contributed by atoms with Gasteiger partial charge >= 0.3 is 6.09 Å². The highest BCUT2D eigenvalue weighted by atomic mass is 19.1. The van der Waals surface area contributed by atoms with Crippen LogP contribution in [0.1, 0.15) is 33.6 Å². The van der Waals surface area contributed by atoms with Crippen LogP contribution in [-0.2, 0) is 9.47 Å². The molecule has 0 spiro atoms. The van der Waals surface area contributed by atoms with E-state index in [1.165, 1.54) is 0 Å². The lowest BCUT2D eigenvalue weighted by atomic mass is 10.1. The van der Waals surface area contributed by atoms with Gasteiger partial charge in [0, 0.05) is 19.3 Å². The summed E-state index contributed by atoms with van der Waals surface area (Å²) in [6, 6.07) is 3.85. The zero-order valence-electron chi connectivity index (χ0n) is 16.9. The second-order valence-electron chi connectivity index (χ2n) is 8.24. The molecule has 0 radical (unpaired) electrons.